The predicted molar refractivity (Wildman–Crippen MR) is 150 cm³/mol. The lowest BCUT2D eigenvalue weighted by Crippen LogP contribution is -2.53. The van der Waals surface area contributed by atoms with E-state index in [-0.39, 0.29) is 30.0 Å². The van der Waals surface area contributed by atoms with Crippen LogP contribution in [-0.2, 0) is 24.5 Å². The number of fused-ring (bicyclic) bond motifs is 1. The van der Waals surface area contributed by atoms with Gasteiger partial charge in [0.25, 0.3) is 0 Å². The summed E-state index contributed by atoms with van der Waals surface area (Å²) in [5.74, 6) is -0.673. The molecule has 3 aromatic carbocycles. The van der Waals surface area contributed by atoms with E-state index in [1.165, 1.54) is 16.7 Å². The van der Waals surface area contributed by atoms with Crippen molar-refractivity contribution in [3.63, 3.8) is 0 Å². The van der Waals surface area contributed by atoms with Crippen molar-refractivity contribution in [2.45, 2.75) is 82.3 Å². The molecule has 0 bridgehead atoms. The second kappa shape index (κ2) is 10.9. The Morgan fingerprint density at radius 3 is 1.68 bits per heavy atom. The summed E-state index contributed by atoms with van der Waals surface area (Å²) >= 11 is 0. The van der Waals surface area contributed by atoms with Crippen LogP contribution in [0.25, 0.3) is 0 Å². The zero-order valence-corrected chi connectivity index (χ0v) is 23.2. The number of ether oxygens (including phenoxy) is 4. The third kappa shape index (κ3) is 5.73. The Morgan fingerprint density at radius 2 is 1.21 bits per heavy atom. The highest BCUT2D eigenvalue weighted by atomic mass is 16.8. The van der Waals surface area contributed by atoms with Crippen molar-refractivity contribution in [2.75, 3.05) is 13.2 Å². The molecule has 5 nitrogen and oxygen atoms in total. The van der Waals surface area contributed by atoms with Gasteiger partial charge in [0.15, 0.2) is 5.79 Å². The van der Waals surface area contributed by atoms with Gasteiger partial charge >= 0.3 is 0 Å². The molecule has 38 heavy (non-hydrogen) atoms. The Hall–Kier alpha value is -2.54. The summed E-state index contributed by atoms with van der Waals surface area (Å²) in [5, 5.41) is 4.12. The van der Waals surface area contributed by atoms with Crippen molar-refractivity contribution in [2.24, 2.45) is 0 Å². The Morgan fingerprint density at radius 1 is 0.737 bits per heavy atom. The fraction of sp³-hybridized carbons (Fsp3) is 0.455. The maximum atomic E-state index is 6.53. The molecule has 1 aliphatic heterocycles. The summed E-state index contributed by atoms with van der Waals surface area (Å²) in [5.41, 5.74) is 2.75. The highest BCUT2D eigenvalue weighted by Gasteiger charge is 2.56. The molecule has 1 N–H and O–H groups in total. The molecule has 1 unspecified atom stereocenters. The molecule has 0 aromatic heterocycles. The number of rotatable bonds is 9. The standard InChI is InChI=1S/C33H41NO4/c1-31(2,3)36-22-21-35-28-23-27(29-30(28)38-32(4,5)37-29)34-33(24-15-9-6-10-16-24,25-17-11-7-12-18-25)26-19-13-8-14-20-26/h6-20,27-30,34H,21-23H2,1-5H3/t27-,28?,29+,30-/m1/s1. The minimum Gasteiger partial charge on any atom is -0.373 e. The predicted octanol–water partition coefficient (Wildman–Crippen LogP) is 6.06. The van der Waals surface area contributed by atoms with Crippen molar-refractivity contribution in [3.05, 3.63) is 108 Å². The van der Waals surface area contributed by atoms with E-state index in [0.717, 1.165) is 6.42 Å². The molecule has 0 spiro atoms. The van der Waals surface area contributed by atoms with E-state index in [4.69, 9.17) is 18.9 Å². The van der Waals surface area contributed by atoms with Crippen molar-refractivity contribution in [1.82, 2.24) is 5.32 Å². The Kier molecular flexibility index (Phi) is 7.77. The molecule has 5 heteroatoms. The lowest BCUT2D eigenvalue weighted by atomic mass is 9.76. The topological polar surface area (TPSA) is 49.0 Å². The van der Waals surface area contributed by atoms with E-state index in [1.54, 1.807) is 0 Å². The normalized spacial score (nSPS) is 24.9. The number of hydrogen-bond acceptors (Lipinski definition) is 5. The average molecular weight is 516 g/mol. The van der Waals surface area contributed by atoms with Gasteiger partial charge in [-0.25, -0.2) is 0 Å². The maximum Gasteiger partial charge on any atom is 0.163 e. The third-order valence-corrected chi connectivity index (χ3v) is 7.39. The molecule has 1 aliphatic carbocycles. The first-order chi connectivity index (χ1) is 18.2. The summed E-state index contributed by atoms with van der Waals surface area (Å²) in [6, 6.07) is 32.0. The van der Waals surface area contributed by atoms with Crippen LogP contribution in [0.5, 0.6) is 0 Å². The van der Waals surface area contributed by atoms with Crippen molar-refractivity contribution in [3.8, 4) is 0 Å². The van der Waals surface area contributed by atoms with Gasteiger partial charge in [0.05, 0.1) is 30.5 Å². The molecular weight excluding hydrogens is 474 g/mol. The molecule has 1 saturated heterocycles. The summed E-state index contributed by atoms with van der Waals surface area (Å²) in [7, 11) is 0. The molecule has 5 rings (SSSR count). The summed E-state index contributed by atoms with van der Waals surface area (Å²) in [6.45, 7) is 11.2. The fourth-order valence-corrected chi connectivity index (χ4v) is 5.88. The fourth-order valence-electron chi connectivity index (χ4n) is 5.88. The Bertz CT molecular complexity index is 1060. The van der Waals surface area contributed by atoms with Crippen LogP contribution in [0.4, 0.5) is 0 Å². The lowest BCUT2D eigenvalue weighted by molar-refractivity contribution is -0.171. The van der Waals surface area contributed by atoms with Gasteiger partial charge in [-0.3, -0.25) is 5.32 Å². The van der Waals surface area contributed by atoms with E-state index in [0.29, 0.717) is 13.2 Å². The largest absolute Gasteiger partial charge is 0.373 e. The van der Waals surface area contributed by atoms with Crippen LogP contribution in [0.15, 0.2) is 91.0 Å². The van der Waals surface area contributed by atoms with Crippen LogP contribution in [0.2, 0.25) is 0 Å². The van der Waals surface area contributed by atoms with Gasteiger partial charge in [-0.05, 0) is 57.7 Å². The quantitative estimate of drug-likeness (QED) is 0.277. The number of benzene rings is 3. The SMILES string of the molecule is CC(C)(C)OCCOC1C[C@@H](NC(c2ccccc2)(c2ccccc2)c2ccccc2)[C@@H]2OC(C)(C)O[C@H]12. The summed E-state index contributed by atoms with van der Waals surface area (Å²) in [6.07, 6.45) is 0.379. The Labute approximate surface area is 227 Å². The number of nitrogens with one attached hydrogen (secondary N) is 1. The van der Waals surface area contributed by atoms with Gasteiger partial charge < -0.3 is 18.9 Å². The van der Waals surface area contributed by atoms with Crippen LogP contribution in [-0.4, -0.2) is 49.0 Å². The molecule has 1 heterocycles. The average Bonchev–Trinajstić information content (AvgIpc) is 3.39. The molecule has 2 aliphatic rings. The number of hydrogen-bond donors (Lipinski definition) is 1. The zero-order chi connectivity index (χ0) is 26.8. The highest BCUT2D eigenvalue weighted by molar-refractivity contribution is 5.49. The molecule has 0 radical (unpaired) electrons. The first kappa shape index (κ1) is 27.0. The first-order valence-corrected chi connectivity index (χ1v) is 13.7. The van der Waals surface area contributed by atoms with E-state index in [2.05, 4.69) is 117 Å². The minimum atomic E-state index is -0.673. The molecule has 0 amide bonds. The first-order valence-electron chi connectivity index (χ1n) is 13.7. The minimum absolute atomic E-state index is 0.00377. The van der Waals surface area contributed by atoms with E-state index in [9.17, 15) is 0 Å². The van der Waals surface area contributed by atoms with Crippen LogP contribution in [0.1, 0.15) is 57.7 Å². The second-order valence-electron chi connectivity index (χ2n) is 11.8. The molecule has 3 aromatic rings. The van der Waals surface area contributed by atoms with Crippen LogP contribution in [0, 0.1) is 0 Å². The highest BCUT2D eigenvalue weighted by Crippen LogP contribution is 2.44. The smallest absolute Gasteiger partial charge is 0.163 e. The lowest BCUT2D eigenvalue weighted by Gasteiger charge is -2.40. The third-order valence-electron chi connectivity index (χ3n) is 7.39. The Balaban J connectivity index is 1.51. The van der Waals surface area contributed by atoms with E-state index in [1.807, 2.05) is 13.8 Å². The summed E-state index contributed by atoms with van der Waals surface area (Å²) in [4.78, 5) is 0. The summed E-state index contributed by atoms with van der Waals surface area (Å²) < 4.78 is 25.3. The van der Waals surface area contributed by atoms with Crippen molar-refractivity contribution in [1.29, 1.82) is 0 Å². The van der Waals surface area contributed by atoms with Gasteiger partial charge in [0.1, 0.15) is 12.2 Å². The molecular formula is C33H41NO4. The second-order valence-corrected chi connectivity index (χ2v) is 11.8. The van der Waals surface area contributed by atoms with Crippen molar-refractivity contribution < 1.29 is 18.9 Å². The molecule has 4 atom stereocenters. The van der Waals surface area contributed by atoms with Crippen LogP contribution in [0.3, 0.4) is 0 Å². The van der Waals surface area contributed by atoms with Gasteiger partial charge in [0.2, 0.25) is 0 Å². The monoisotopic (exact) mass is 515 g/mol. The van der Waals surface area contributed by atoms with Gasteiger partial charge in [-0.2, -0.15) is 0 Å². The van der Waals surface area contributed by atoms with Gasteiger partial charge in [0, 0.05) is 6.04 Å². The van der Waals surface area contributed by atoms with Gasteiger partial charge in [-0.15, -0.1) is 0 Å². The van der Waals surface area contributed by atoms with Crippen molar-refractivity contribution >= 4 is 0 Å². The van der Waals surface area contributed by atoms with E-state index < -0.39 is 11.3 Å². The van der Waals surface area contributed by atoms with E-state index >= 15 is 0 Å². The van der Waals surface area contributed by atoms with Crippen LogP contribution < -0.4 is 5.32 Å². The van der Waals surface area contributed by atoms with Crippen LogP contribution >= 0.6 is 0 Å². The molecule has 202 valence electrons. The maximum absolute atomic E-state index is 6.53. The van der Waals surface area contributed by atoms with Gasteiger partial charge in [-0.1, -0.05) is 91.0 Å². The zero-order valence-electron chi connectivity index (χ0n) is 23.2. The molecule has 1 saturated carbocycles. The molecule has 2 fully saturated rings.